The monoisotopic (exact) mass is 537 g/mol. The van der Waals surface area contributed by atoms with E-state index in [1.807, 2.05) is 0 Å². The normalized spacial score (nSPS) is 31.9. The average molecular weight is 538 g/mol. The molecule has 210 valence electrons. The van der Waals surface area contributed by atoms with Crippen LogP contribution in [0.3, 0.4) is 0 Å². The minimum Gasteiger partial charge on any atom is -0.496 e. The molecule has 9 nitrogen and oxygen atoms in total. The van der Waals surface area contributed by atoms with Crippen LogP contribution in [-0.2, 0) is 9.59 Å². The van der Waals surface area contributed by atoms with Crippen molar-refractivity contribution in [3.63, 3.8) is 0 Å². The van der Waals surface area contributed by atoms with Gasteiger partial charge in [-0.05, 0) is 82.6 Å². The summed E-state index contributed by atoms with van der Waals surface area (Å²) in [5.41, 5.74) is -0.261. The Hall–Kier alpha value is -3.28. The molecule has 4 atom stereocenters. The number of nitrogens with zero attached hydrogens (tertiary/aromatic N) is 1. The number of benzene rings is 1. The molecule has 9 heteroatoms. The number of carbonyl (C=O) groups is 3. The van der Waals surface area contributed by atoms with E-state index in [1.54, 1.807) is 13.0 Å². The highest BCUT2D eigenvalue weighted by Crippen LogP contribution is 2.49. The Labute approximate surface area is 229 Å². The van der Waals surface area contributed by atoms with Crippen LogP contribution in [0, 0.1) is 34.5 Å². The molecule has 4 saturated carbocycles. The van der Waals surface area contributed by atoms with E-state index < -0.39 is 11.4 Å². The van der Waals surface area contributed by atoms with E-state index in [1.165, 1.54) is 13.2 Å². The van der Waals surface area contributed by atoms with Gasteiger partial charge in [-0.2, -0.15) is 5.26 Å². The number of ether oxygens (including phenoxy) is 2. The molecule has 0 aliphatic heterocycles. The molecular formula is C30H39N3O6. The van der Waals surface area contributed by atoms with Gasteiger partial charge in [-0.15, -0.1) is 0 Å². The lowest BCUT2D eigenvalue weighted by molar-refractivity contribution is -0.150. The first-order valence-electron chi connectivity index (χ1n) is 14.4. The second-order valence-electron chi connectivity index (χ2n) is 12.2. The molecule has 4 fully saturated rings. The van der Waals surface area contributed by atoms with Crippen LogP contribution in [0.2, 0.25) is 0 Å². The molecule has 4 aliphatic carbocycles. The minimum absolute atomic E-state index is 0.0564. The molecule has 1 aromatic rings. The van der Waals surface area contributed by atoms with E-state index in [4.69, 9.17) is 9.47 Å². The van der Waals surface area contributed by atoms with Crippen molar-refractivity contribution in [3.8, 4) is 17.6 Å². The summed E-state index contributed by atoms with van der Waals surface area (Å²) in [6, 6.07) is 5.19. The lowest BCUT2D eigenvalue weighted by atomic mass is 9.75. The zero-order valence-corrected chi connectivity index (χ0v) is 22.8. The van der Waals surface area contributed by atoms with Gasteiger partial charge < -0.3 is 25.2 Å². The molecule has 3 N–H and O–H groups in total. The maximum atomic E-state index is 13.6. The number of carboxylic acid groups (broad SMARTS) is 1. The highest BCUT2D eigenvalue weighted by molar-refractivity contribution is 5.98. The largest absolute Gasteiger partial charge is 0.496 e. The molecule has 2 amide bonds. The number of carbonyl (C=O) groups excluding carboxylic acids is 2. The van der Waals surface area contributed by atoms with Gasteiger partial charge in [-0.1, -0.05) is 12.8 Å². The first kappa shape index (κ1) is 27.3. The minimum atomic E-state index is -0.807. The van der Waals surface area contributed by atoms with E-state index in [0.29, 0.717) is 25.7 Å². The van der Waals surface area contributed by atoms with Crippen LogP contribution in [0.1, 0.15) is 93.5 Å². The molecule has 0 heterocycles. The number of nitriles is 1. The third kappa shape index (κ3) is 5.43. The topological polar surface area (TPSA) is 138 Å². The van der Waals surface area contributed by atoms with Gasteiger partial charge in [0.1, 0.15) is 17.6 Å². The smallest absolute Gasteiger partial charge is 0.309 e. The third-order valence-corrected chi connectivity index (χ3v) is 9.73. The molecular weight excluding hydrogens is 498 g/mol. The van der Waals surface area contributed by atoms with Crippen LogP contribution >= 0.6 is 0 Å². The van der Waals surface area contributed by atoms with E-state index in [2.05, 4.69) is 16.7 Å². The number of fused-ring (bicyclic) bond motifs is 2. The third-order valence-electron chi connectivity index (χ3n) is 9.73. The van der Waals surface area contributed by atoms with Gasteiger partial charge in [0, 0.05) is 18.2 Å². The van der Waals surface area contributed by atoms with Crippen molar-refractivity contribution in [2.24, 2.45) is 23.2 Å². The van der Waals surface area contributed by atoms with Crippen molar-refractivity contribution in [3.05, 3.63) is 23.3 Å². The highest BCUT2D eigenvalue weighted by atomic mass is 16.5. The Morgan fingerprint density at radius 1 is 1.00 bits per heavy atom. The van der Waals surface area contributed by atoms with Crippen molar-refractivity contribution < 1.29 is 29.0 Å². The van der Waals surface area contributed by atoms with Crippen molar-refractivity contribution in [2.75, 3.05) is 7.11 Å². The molecule has 5 rings (SSSR count). The lowest BCUT2D eigenvalue weighted by Crippen LogP contribution is -2.51. The maximum Gasteiger partial charge on any atom is 0.309 e. The molecule has 0 unspecified atom stereocenters. The van der Waals surface area contributed by atoms with Gasteiger partial charge in [0.2, 0.25) is 5.91 Å². The Balaban J connectivity index is 1.32. The molecule has 1 aromatic carbocycles. The van der Waals surface area contributed by atoms with Crippen molar-refractivity contribution in [1.29, 1.82) is 5.26 Å². The Morgan fingerprint density at radius 3 is 2.33 bits per heavy atom. The van der Waals surface area contributed by atoms with Crippen LogP contribution in [0.15, 0.2) is 12.1 Å². The van der Waals surface area contributed by atoms with Crippen molar-refractivity contribution in [2.45, 2.75) is 95.7 Å². The molecule has 0 saturated heterocycles. The van der Waals surface area contributed by atoms with Gasteiger partial charge in [0.15, 0.2) is 0 Å². The van der Waals surface area contributed by atoms with Crippen molar-refractivity contribution in [1.82, 2.24) is 10.6 Å². The molecule has 0 aromatic heterocycles. The van der Waals surface area contributed by atoms with Crippen LogP contribution in [0.5, 0.6) is 11.5 Å². The van der Waals surface area contributed by atoms with Gasteiger partial charge in [-0.3, -0.25) is 14.4 Å². The second-order valence-corrected chi connectivity index (χ2v) is 12.2. The fraction of sp³-hybridized carbons (Fsp3) is 0.667. The number of rotatable bonds is 8. The van der Waals surface area contributed by atoms with Crippen LogP contribution in [0.4, 0.5) is 0 Å². The van der Waals surface area contributed by atoms with Crippen LogP contribution < -0.4 is 20.1 Å². The zero-order valence-electron chi connectivity index (χ0n) is 22.8. The SMILES string of the molecule is COc1cc(C#N)c(O[C@H]2CC[C@@](C)(C(=O)O)CC2)cc1C(=O)N[C@@H]1[C@H]2CC[C@H](C2)[C@@H]1C(=O)NC1CCCC1. The fourth-order valence-corrected chi connectivity index (χ4v) is 7.30. The number of hydrogen-bond donors (Lipinski definition) is 3. The summed E-state index contributed by atoms with van der Waals surface area (Å²) < 4.78 is 11.7. The molecule has 4 aliphatic rings. The lowest BCUT2D eigenvalue weighted by Gasteiger charge is -2.34. The van der Waals surface area contributed by atoms with Crippen LogP contribution in [0.25, 0.3) is 0 Å². The maximum absolute atomic E-state index is 13.6. The van der Waals surface area contributed by atoms with Crippen LogP contribution in [-0.4, -0.2) is 48.2 Å². The first-order valence-corrected chi connectivity index (χ1v) is 14.4. The summed E-state index contributed by atoms with van der Waals surface area (Å²) in [6.45, 7) is 1.75. The molecule has 39 heavy (non-hydrogen) atoms. The quantitative estimate of drug-likeness (QED) is 0.452. The van der Waals surface area contributed by atoms with Gasteiger partial charge in [-0.25, -0.2) is 0 Å². The summed E-state index contributed by atoms with van der Waals surface area (Å²) in [7, 11) is 1.46. The fourth-order valence-electron chi connectivity index (χ4n) is 7.30. The predicted molar refractivity (Wildman–Crippen MR) is 142 cm³/mol. The summed E-state index contributed by atoms with van der Waals surface area (Å²) in [4.78, 5) is 38.6. The van der Waals surface area contributed by atoms with E-state index >= 15 is 0 Å². The molecule has 0 radical (unpaired) electrons. The Kier molecular flexibility index (Phi) is 7.75. The summed E-state index contributed by atoms with van der Waals surface area (Å²) >= 11 is 0. The van der Waals surface area contributed by atoms with E-state index in [0.717, 1.165) is 44.9 Å². The Morgan fingerprint density at radius 2 is 1.69 bits per heavy atom. The zero-order chi connectivity index (χ0) is 27.7. The molecule has 0 spiro atoms. The van der Waals surface area contributed by atoms with Gasteiger partial charge >= 0.3 is 5.97 Å². The van der Waals surface area contributed by atoms with Gasteiger partial charge in [0.05, 0.1) is 35.7 Å². The number of aliphatic carboxylic acids is 1. The summed E-state index contributed by atoms with van der Waals surface area (Å²) in [5, 5.41) is 25.7. The first-order chi connectivity index (χ1) is 18.7. The van der Waals surface area contributed by atoms with Gasteiger partial charge in [0.25, 0.3) is 5.91 Å². The number of amides is 2. The number of methoxy groups -OCH3 is 1. The summed E-state index contributed by atoms with van der Waals surface area (Å²) in [5.74, 6) is -0.225. The Bertz CT molecular complexity index is 1160. The summed E-state index contributed by atoms with van der Waals surface area (Å²) in [6.07, 6.45) is 9.09. The number of hydrogen-bond acceptors (Lipinski definition) is 6. The predicted octanol–water partition coefficient (Wildman–Crippen LogP) is 4.18. The number of carboxylic acids is 1. The average Bonchev–Trinajstić information content (AvgIpc) is 3.68. The van der Waals surface area contributed by atoms with E-state index in [-0.39, 0.29) is 70.4 Å². The standard InChI is InChI=1S/C30H39N3O6/c1-30(29(36)37)11-9-21(10-12-30)39-23-15-22(24(38-2)14-19(23)16-31)27(34)33-26-18-8-7-17(13-18)25(26)28(35)32-20-5-3-4-6-20/h14-15,17-18,20-21,25-26H,3-13H2,1-2H3,(H,32,35)(H,33,34)(H,36,37)/t17-,18+,21-,25+,26-,30+/m1/s1. The second kappa shape index (κ2) is 11.1. The number of nitrogens with one attached hydrogen (secondary N) is 2. The highest BCUT2D eigenvalue weighted by Gasteiger charge is 2.51. The van der Waals surface area contributed by atoms with E-state index in [9.17, 15) is 24.8 Å². The van der Waals surface area contributed by atoms with Crippen molar-refractivity contribution >= 4 is 17.8 Å². The molecule has 2 bridgehead atoms.